The highest BCUT2D eigenvalue weighted by atomic mass is 32.1. The van der Waals surface area contributed by atoms with Crippen LogP contribution in [-0.2, 0) is 13.6 Å². The van der Waals surface area contributed by atoms with E-state index < -0.39 is 0 Å². The molecule has 0 fully saturated rings. The van der Waals surface area contributed by atoms with Gasteiger partial charge in [0.1, 0.15) is 11.8 Å². The topological polar surface area (TPSA) is 72.3 Å². The van der Waals surface area contributed by atoms with E-state index in [1.54, 1.807) is 11.3 Å². The van der Waals surface area contributed by atoms with Crippen LogP contribution in [0.25, 0.3) is 33.6 Å². The Bertz CT molecular complexity index is 1440. The highest BCUT2D eigenvalue weighted by molar-refractivity contribution is 7.13. The Balaban J connectivity index is 1.56. The SMILES string of the molecule is Cn1c(/C(C#N)=C\c2cn(Cc3ccccc3)nc2-c2cccs2)nnc1-c1ccccc1. The number of nitriles is 1. The molecule has 0 atom stereocenters. The van der Waals surface area contributed by atoms with Crippen LogP contribution in [0.3, 0.4) is 0 Å². The third-order valence-electron chi connectivity index (χ3n) is 5.30. The van der Waals surface area contributed by atoms with Crippen LogP contribution < -0.4 is 0 Å². The van der Waals surface area contributed by atoms with E-state index in [9.17, 15) is 5.26 Å². The molecular weight excluding hydrogens is 428 g/mol. The van der Waals surface area contributed by atoms with Gasteiger partial charge in [-0.2, -0.15) is 10.4 Å². The van der Waals surface area contributed by atoms with Gasteiger partial charge in [-0.15, -0.1) is 21.5 Å². The fraction of sp³-hybridized carbons (Fsp3) is 0.0769. The minimum absolute atomic E-state index is 0.434. The molecule has 0 radical (unpaired) electrons. The monoisotopic (exact) mass is 448 g/mol. The summed E-state index contributed by atoms with van der Waals surface area (Å²) in [6.45, 7) is 0.650. The molecule has 5 aromatic rings. The van der Waals surface area contributed by atoms with Crippen LogP contribution in [0.1, 0.15) is 17.0 Å². The Morgan fingerprint density at radius 2 is 1.76 bits per heavy atom. The average Bonchev–Trinajstić information content (AvgIpc) is 3.59. The molecule has 0 spiro atoms. The average molecular weight is 449 g/mol. The lowest BCUT2D eigenvalue weighted by Gasteiger charge is -2.03. The second kappa shape index (κ2) is 9.07. The van der Waals surface area contributed by atoms with Crippen LogP contribution in [0.4, 0.5) is 0 Å². The third kappa shape index (κ3) is 4.25. The van der Waals surface area contributed by atoms with E-state index in [4.69, 9.17) is 5.10 Å². The van der Waals surface area contributed by atoms with Crippen molar-refractivity contribution in [3.05, 3.63) is 101 Å². The highest BCUT2D eigenvalue weighted by Gasteiger charge is 2.17. The van der Waals surface area contributed by atoms with Crippen molar-refractivity contribution in [2.24, 2.45) is 7.05 Å². The number of rotatable bonds is 6. The summed E-state index contributed by atoms with van der Waals surface area (Å²) < 4.78 is 3.76. The molecule has 0 saturated heterocycles. The molecule has 2 aromatic carbocycles. The van der Waals surface area contributed by atoms with E-state index in [1.807, 2.05) is 94.6 Å². The number of hydrogen-bond donors (Lipinski definition) is 0. The molecule has 0 bridgehead atoms. The Hall–Kier alpha value is -4.28. The van der Waals surface area contributed by atoms with Gasteiger partial charge in [-0.1, -0.05) is 66.7 Å². The fourth-order valence-corrected chi connectivity index (χ4v) is 4.43. The van der Waals surface area contributed by atoms with E-state index in [0.29, 0.717) is 23.8 Å². The Morgan fingerprint density at radius 3 is 2.45 bits per heavy atom. The maximum atomic E-state index is 9.98. The first-order valence-corrected chi connectivity index (χ1v) is 11.3. The van der Waals surface area contributed by atoms with Crippen LogP contribution in [0, 0.1) is 11.3 Å². The second-order valence-corrected chi connectivity index (χ2v) is 8.48. The van der Waals surface area contributed by atoms with Crippen molar-refractivity contribution in [1.82, 2.24) is 24.5 Å². The molecule has 0 unspecified atom stereocenters. The maximum absolute atomic E-state index is 9.98. The summed E-state index contributed by atoms with van der Waals surface area (Å²) >= 11 is 1.62. The van der Waals surface area contributed by atoms with Crippen LogP contribution in [0.5, 0.6) is 0 Å². The van der Waals surface area contributed by atoms with Crippen molar-refractivity contribution >= 4 is 23.0 Å². The van der Waals surface area contributed by atoms with Crippen molar-refractivity contribution in [2.75, 3.05) is 0 Å². The molecule has 0 aliphatic rings. The highest BCUT2D eigenvalue weighted by Crippen LogP contribution is 2.30. The summed E-state index contributed by atoms with van der Waals surface area (Å²) in [4.78, 5) is 1.05. The van der Waals surface area contributed by atoms with Gasteiger partial charge in [0, 0.05) is 24.4 Å². The minimum atomic E-state index is 0.434. The number of thiophene rings is 1. The number of aromatic nitrogens is 5. The van der Waals surface area contributed by atoms with E-state index in [2.05, 4.69) is 28.4 Å². The Kier molecular flexibility index (Phi) is 5.66. The molecule has 0 aliphatic heterocycles. The van der Waals surface area contributed by atoms with E-state index >= 15 is 0 Å². The molecule has 5 rings (SSSR count). The van der Waals surface area contributed by atoms with Crippen LogP contribution in [0.2, 0.25) is 0 Å². The molecule has 6 nitrogen and oxygen atoms in total. The lowest BCUT2D eigenvalue weighted by molar-refractivity contribution is 0.689. The predicted octanol–water partition coefficient (Wildman–Crippen LogP) is 5.52. The van der Waals surface area contributed by atoms with Crippen LogP contribution in [-0.4, -0.2) is 24.5 Å². The molecule has 7 heteroatoms. The molecule has 0 N–H and O–H groups in total. The first-order chi connectivity index (χ1) is 16.2. The van der Waals surface area contributed by atoms with Gasteiger partial charge in [0.15, 0.2) is 11.6 Å². The lowest BCUT2D eigenvalue weighted by atomic mass is 10.1. The lowest BCUT2D eigenvalue weighted by Crippen LogP contribution is -1.99. The fourth-order valence-electron chi connectivity index (χ4n) is 3.70. The summed E-state index contributed by atoms with van der Waals surface area (Å²) in [6, 6.07) is 26.4. The Labute approximate surface area is 195 Å². The summed E-state index contributed by atoms with van der Waals surface area (Å²) in [5, 5.41) is 25.5. The standard InChI is InChI=1S/C26H20N6S/c1-31-25(20-11-6-3-7-12-20)28-29-26(31)21(16-27)15-22-18-32(17-19-9-4-2-5-10-19)30-24(22)23-13-8-14-33-23/h2-15,18H,17H2,1H3/b21-15-. The number of hydrogen-bond acceptors (Lipinski definition) is 5. The van der Waals surface area contributed by atoms with Gasteiger partial charge >= 0.3 is 0 Å². The summed E-state index contributed by atoms with van der Waals surface area (Å²) in [6.07, 6.45) is 3.83. The van der Waals surface area contributed by atoms with Gasteiger partial charge in [-0.05, 0) is 23.1 Å². The van der Waals surface area contributed by atoms with Gasteiger partial charge < -0.3 is 4.57 Å². The maximum Gasteiger partial charge on any atom is 0.174 e. The quantitative estimate of drug-likeness (QED) is 0.321. The number of allylic oxidation sites excluding steroid dienone is 1. The van der Waals surface area contributed by atoms with Gasteiger partial charge in [-0.25, -0.2) is 0 Å². The Morgan fingerprint density at radius 1 is 1.00 bits per heavy atom. The first kappa shape index (κ1) is 20.6. The molecule has 33 heavy (non-hydrogen) atoms. The second-order valence-electron chi connectivity index (χ2n) is 7.54. The zero-order valence-electron chi connectivity index (χ0n) is 18.0. The van der Waals surface area contributed by atoms with Crippen molar-refractivity contribution in [1.29, 1.82) is 5.26 Å². The van der Waals surface area contributed by atoms with Crippen molar-refractivity contribution in [3.8, 4) is 28.0 Å². The molecule has 3 heterocycles. The number of nitrogens with zero attached hydrogens (tertiary/aromatic N) is 6. The normalized spacial score (nSPS) is 11.5. The number of benzene rings is 2. The van der Waals surface area contributed by atoms with E-state index in [1.165, 1.54) is 0 Å². The van der Waals surface area contributed by atoms with Gasteiger partial charge in [0.25, 0.3) is 0 Å². The molecule has 0 saturated carbocycles. The van der Waals surface area contributed by atoms with Crippen molar-refractivity contribution in [3.63, 3.8) is 0 Å². The van der Waals surface area contributed by atoms with Gasteiger partial charge in [0.05, 0.1) is 17.0 Å². The molecule has 0 amide bonds. The minimum Gasteiger partial charge on any atom is -0.310 e. The zero-order chi connectivity index (χ0) is 22.6. The zero-order valence-corrected chi connectivity index (χ0v) is 18.8. The van der Waals surface area contributed by atoms with Gasteiger partial charge in [-0.3, -0.25) is 4.68 Å². The molecule has 160 valence electrons. The largest absolute Gasteiger partial charge is 0.310 e. The summed E-state index contributed by atoms with van der Waals surface area (Å²) in [5.41, 5.74) is 4.26. The van der Waals surface area contributed by atoms with Gasteiger partial charge in [0.2, 0.25) is 0 Å². The smallest absolute Gasteiger partial charge is 0.174 e. The van der Waals surface area contributed by atoms with E-state index in [-0.39, 0.29) is 0 Å². The third-order valence-corrected chi connectivity index (χ3v) is 6.18. The van der Waals surface area contributed by atoms with Crippen LogP contribution in [0.15, 0.2) is 84.4 Å². The van der Waals surface area contributed by atoms with E-state index in [0.717, 1.165) is 27.3 Å². The predicted molar refractivity (Wildman–Crippen MR) is 131 cm³/mol. The molecule has 0 aliphatic carbocycles. The molecule has 3 aromatic heterocycles. The first-order valence-electron chi connectivity index (χ1n) is 10.4. The summed E-state index contributed by atoms with van der Waals surface area (Å²) in [5.74, 6) is 1.23. The van der Waals surface area contributed by atoms with Crippen molar-refractivity contribution in [2.45, 2.75) is 6.54 Å². The van der Waals surface area contributed by atoms with Crippen LogP contribution >= 0.6 is 11.3 Å². The van der Waals surface area contributed by atoms with Crippen molar-refractivity contribution < 1.29 is 0 Å². The summed E-state index contributed by atoms with van der Waals surface area (Å²) in [7, 11) is 1.88. The molecular formula is C26H20N6S.